The van der Waals surface area contributed by atoms with E-state index in [1.54, 1.807) is 18.2 Å². The van der Waals surface area contributed by atoms with Crippen molar-refractivity contribution >= 4 is 16.6 Å². The number of hydrogen-bond donors (Lipinski definition) is 2. The van der Waals surface area contributed by atoms with Crippen LogP contribution in [0, 0.1) is 0 Å². The summed E-state index contributed by atoms with van der Waals surface area (Å²) < 4.78 is 0. The number of aromatic hydroxyl groups is 2. The third-order valence-electron chi connectivity index (χ3n) is 3.82. The molecule has 0 aliphatic carbocycles. The molecule has 4 nitrogen and oxygen atoms in total. The summed E-state index contributed by atoms with van der Waals surface area (Å²) in [6, 6.07) is 8.33. The van der Waals surface area contributed by atoms with Gasteiger partial charge >= 0.3 is 0 Å². The molecular weight excluding hydrogens is 254 g/mol. The molecule has 0 amide bonds. The summed E-state index contributed by atoms with van der Waals surface area (Å²) in [5, 5.41) is 20.6. The van der Waals surface area contributed by atoms with Gasteiger partial charge in [-0.15, -0.1) is 0 Å². The van der Waals surface area contributed by atoms with Crippen LogP contribution in [0.1, 0.15) is 23.2 Å². The molecule has 0 aromatic heterocycles. The average molecular weight is 271 g/mol. The van der Waals surface area contributed by atoms with Crippen LogP contribution >= 0.6 is 0 Å². The van der Waals surface area contributed by atoms with E-state index in [1.807, 2.05) is 0 Å². The third-order valence-corrected chi connectivity index (χ3v) is 3.82. The maximum Gasteiger partial charge on any atom is 0.176 e. The van der Waals surface area contributed by atoms with E-state index in [9.17, 15) is 15.0 Å². The lowest BCUT2D eigenvalue weighted by Gasteiger charge is -2.13. The van der Waals surface area contributed by atoms with Gasteiger partial charge in [0.15, 0.2) is 17.3 Å². The summed E-state index contributed by atoms with van der Waals surface area (Å²) in [6.07, 6.45) is 2.33. The van der Waals surface area contributed by atoms with Gasteiger partial charge in [-0.1, -0.05) is 12.1 Å². The Labute approximate surface area is 117 Å². The quantitative estimate of drug-likeness (QED) is 0.665. The van der Waals surface area contributed by atoms with Crippen LogP contribution < -0.4 is 0 Å². The van der Waals surface area contributed by atoms with Crippen LogP contribution in [0.25, 0.3) is 10.8 Å². The molecule has 0 atom stereocenters. The van der Waals surface area contributed by atoms with E-state index >= 15 is 0 Å². The average Bonchev–Trinajstić information content (AvgIpc) is 2.92. The number of fused-ring (bicyclic) bond motifs is 1. The molecule has 0 radical (unpaired) electrons. The fraction of sp³-hybridized carbons (Fsp3) is 0.312. The van der Waals surface area contributed by atoms with Crippen molar-refractivity contribution in [3.05, 3.63) is 35.9 Å². The third kappa shape index (κ3) is 2.47. The zero-order valence-corrected chi connectivity index (χ0v) is 11.2. The Morgan fingerprint density at radius 3 is 2.35 bits per heavy atom. The zero-order valence-electron chi connectivity index (χ0n) is 11.2. The van der Waals surface area contributed by atoms with Gasteiger partial charge in [0, 0.05) is 5.56 Å². The van der Waals surface area contributed by atoms with E-state index in [2.05, 4.69) is 4.90 Å². The summed E-state index contributed by atoms with van der Waals surface area (Å²) in [6.45, 7) is 2.44. The Hall–Kier alpha value is -2.07. The molecule has 3 rings (SSSR count). The highest BCUT2D eigenvalue weighted by atomic mass is 16.3. The molecule has 0 bridgehead atoms. The van der Waals surface area contributed by atoms with Gasteiger partial charge in [-0.3, -0.25) is 9.69 Å². The van der Waals surface area contributed by atoms with Crippen molar-refractivity contribution in [3.63, 3.8) is 0 Å². The SMILES string of the molecule is O=C(CN1CCCC1)c1ccc2cc(O)c(O)cc2c1. The van der Waals surface area contributed by atoms with Gasteiger partial charge in [0.25, 0.3) is 0 Å². The van der Waals surface area contributed by atoms with Gasteiger partial charge in [-0.05, 0) is 54.9 Å². The van der Waals surface area contributed by atoms with Crippen molar-refractivity contribution in [3.8, 4) is 11.5 Å². The summed E-state index contributed by atoms with van der Waals surface area (Å²) in [7, 11) is 0. The Balaban J connectivity index is 1.87. The number of phenolic OH excluding ortho intramolecular Hbond substituents is 2. The molecule has 2 aromatic carbocycles. The molecule has 4 heteroatoms. The lowest BCUT2D eigenvalue weighted by atomic mass is 10.0. The molecule has 2 N–H and O–H groups in total. The molecule has 0 saturated carbocycles. The maximum atomic E-state index is 12.2. The van der Waals surface area contributed by atoms with Crippen LogP contribution in [0.3, 0.4) is 0 Å². The van der Waals surface area contributed by atoms with Gasteiger partial charge in [-0.2, -0.15) is 0 Å². The van der Waals surface area contributed by atoms with Crippen molar-refractivity contribution in [1.82, 2.24) is 4.90 Å². The number of benzene rings is 2. The van der Waals surface area contributed by atoms with Crippen molar-refractivity contribution < 1.29 is 15.0 Å². The molecule has 1 aliphatic rings. The largest absolute Gasteiger partial charge is 0.504 e. The molecule has 0 spiro atoms. The zero-order chi connectivity index (χ0) is 14.1. The Morgan fingerprint density at radius 1 is 1.00 bits per heavy atom. The Bertz CT molecular complexity index is 660. The lowest BCUT2D eigenvalue weighted by molar-refractivity contribution is 0.0945. The highest BCUT2D eigenvalue weighted by Crippen LogP contribution is 2.30. The van der Waals surface area contributed by atoms with Crippen molar-refractivity contribution in [1.29, 1.82) is 0 Å². The molecule has 1 fully saturated rings. The maximum absolute atomic E-state index is 12.2. The first-order valence-corrected chi connectivity index (χ1v) is 6.85. The van der Waals surface area contributed by atoms with E-state index in [4.69, 9.17) is 0 Å². The number of nitrogens with zero attached hydrogens (tertiary/aromatic N) is 1. The van der Waals surface area contributed by atoms with Crippen molar-refractivity contribution in [2.45, 2.75) is 12.8 Å². The summed E-state index contributed by atoms with van der Waals surface area (Å²) in [5.74, 6) is -0.211. The predicted molar refractivity (Wildman–Crippen MR) is 77.3 cm³/mol. The summed E-state index contributed by atoms with van der Waals surface area (Å²) in [5.41, 5.74) is 0.648. The molecule has 104 valence electrons. The number of hydrogen-bond acceptors (Lipinski definition) is 4. The number of carbonyl (C=O) groups excluding carboxylic acids is 1. The second kappa shape index (κ2) is 5.13. The number of phenols is 2. The van der Waals surface area contributed by atoms with Crippen LogP contribution in [0.5, 0.6) is 11.5 Å². The number of Topliss-reactive ketones (excluding diaryl/α,β-unsaturated/α-hetero) is 1. The fourth-order valence-corrected chi connectivity index (χ4v) is 2.68. The van der Waals surface area contributed by atoms with Gasteiger partial charge in [-0.25, -0.2) is 0 Å². The fourth-order valence-electron chi connectivity index (χ4n) is 2.68. The minimum Gasteiger partial charge on any atom is -0.504 e. The normalized spacial score (nSPS) is 15.8. The van der Waals surface area contributed by atoms with Crippen molar-refractivity contribution in [2.75, 3.05) is 19.6 Å². The molecule has 1 saturated heterocycles. The molecule has 1 aliphatic heterocycles. The highest BCUT2D eigenvalue weighted by Gasteiger charge is 2.16. The Kier molecular flexibility index (Phi) is 3.32. The predicted octanol–water partition coefficient (Wildman–Crippen LogP) is 2.53. The minimum absolute atomic E-state index is 0.0985. The van der Waals surface area contributed by atoms with E-state index in [0.717, 1.165) is 36.7 Å². The van der Waals surface area contributed by atoms with Gasteiger partial charge in [0.05, 0.1) is 6.54 Å². The van der Waals surface area contributed by atoms with Gasteiger partial charge in [0.2, 0.25) is 0 Å². The van der Waals surface area contributed by atoms with E-state index in [1.165, 1.54) is 12.1 Å². The second-order valence-electron chi connectivity index (χ2n) is 5.31. The smallest absolute Gasteiger partial charge is 0.176 e. The first kappa shape index (κ1) is 12.9. The van der Waals surface area contributed by atoms with Crippen LogP contribution in [0.2, 0.25) is 0 Å². The molecule has 20 heavy (non-hydrogen) atoms. The van der Waals surface area contributed by atoms with Crippen LogP contribution in [0.4, 0.5) is 0 Å². The number of likely N-dealkylation sites (tertiary alicyclic amines) is 1. The summed E-state index contributed by atoms with van der Waals surface area (Å²) >= 11 is 0. The van der Waals surface area contributed by atoms with Crippen LogP contribution in [0.15, 0.2) is 30.3 Å². The molecular formula is C16H17NO3. The molecule has 2 aromatic rings. The second-order valence-corrected chi connectivity index (χ2v) is 5.31. The van der Waals surface area contributed by atoms with E-state index in [0.29, 0.717) is 12.1 Å². The van der Waals surface area contributed by atoms with E-state index < -0.39 is 0 Å². The highest BCUT2D eigenvalue weighted by molar-refractivity contribution is 6.01. The first-order chi connectivity index (χ1) is 9.63. The topological polar surface area (TPSA) is 60.8 Å². The van der Waals surface area contributed by atoms with Crippen molar-refractivity contribution in [2.24, 2.45) is 0 Å². The standard InChI is InChI=1S/C16H17NO3/c18-14-8-11-3-4-12(7-13(11)9-15(14)19)16(20)10-17-5-1-2-6-17/h3-4,7-9,18-19H,1-2,5-6,10H2. The van der Waals surface area contributed by atoms with Gasteiger partial charge in [0.1, 0.15) is 0 Å². The van der Waals surface area contributed by atoms with Crippen LogP contribution in [-0.4, -0.2) is 40.5 Å². The number of rotatable bonds is 3. The molecule has 0 unspecified atom stereocenters. The lowest BCUT2D eigenvalue weighted by Crippen LogP contribution is -2.26. The number of ketones is 1. The number of carbonyl (C=O) groups is 1. The monoisotopic (exact) mass is 271 g/mol. The van der Waals surface area contributed by atoms with E-state index in [-0.39, 0.29) is 17.3 Å². The molecule has 1 heterocycles. The first-order valence-electron chi connectivity index (χ1n) is 6.85. The van der Waals surface area contributed by atoms with Gasteiger partial charge < -0.3 is 10.2 Å². The summed E-state index contributed by atoms with van der Waals surface area (Å²) in [4.78, 5) is 14.4. The van der Waals surface area contributed by atoms with Crippen LogP contribution in [-0.2, 0) is 0 Å². The Morgan fingerprint density at radius 2 is 1.65 bits per heavy atom. The minimum atomic E-state index is -0.165.